The van der Waals surface area contributed by atoms with Crippen molar-refractivity contribution in [3.05, 3.63) is 27.1 Å². The molecule has 0 saturated heterocycles. The van der Waals surface area contributed by atoms with Crippen LogP contribution in [-0.2, 0) is 9.53 Å². The minimum absolute atomic E-state index is 0.125. The Hall–Kier alpha value is -1.12. The predicted molar refractivity (Wildman–Crippen MR) is 77.3 cm³/mol. The van der Waals surface area contributed by atoms with Gasteiger partial charge in [-0.2, -0.15) is 0 Å². The standard InChI is InChI=1S/C11H12Br2N2O4/c1-19-8(10(16)17)5-14-11(18)15-9-6(12)3-2-4-7(9)13/h2-4,8H,5H2,1H3,(H,16,17)(H2,14,15,18). The van der Waals surface area contributed by atoms with Crippen molar-refractivity contribution in [1.82, 2.24) is 5.32 Å². The van der Waals surface area contributed by atoms with Crippen LogP contribution in [0.1, 0.15) is 0 Å². The summed E-state index contributed by atoms with van der Waals surface area (Å²) < 4.78 is 6.11. The summed E-state index contributed by atoms with van der Waals surface area (Å²) in [6.07, 6.45) is -1.08. The number of urea groups is 1. The van der Waals surface area contributed by atoms with E-state index in [1.807, 2.05) is 6.07 Å². The fourth-order valence-corrected chi connectivity index (χ4v) is 2.43. The first-order valence-electron chi connectivity index (χ1n) is 5.20. The number of nitrogens with one attached hydrogen (secondary N) is 2. The van der Waals surface area contributed by atoms with Gasteiger partial charge in [0.15, 0.2) is 6.10 Å². The number of anilines is 1. The predicted octanol–water partition coefficient (Wildman–Crippen LogP) is 2.43. The van der Waals surface area contributed by atoms with Crippen LogP contribution in [0.3, 0.4) is 0 Å². The van der Waals surface area contributed by atoms with Crippen LogP contribution in [0.15, 0.2) is 27.1 Å². The van der Waals surface area contributed by atoms with Crippen LogP contribution in [0.5, 0.6) is 0 Å². The monoisotopic (exact) mass is 394 g/mol. The van der Waals surface area contributed by atoms with Gasteiger partial charge in [0.05, 0.1) is 12.2 Å². The van der Waals surface area contributed by atoms with Crippen LogP contribution in [0.4, 0.5) is 10.5 Å². The number of aliphatic carboxylic acids is 1. The number of carbonyl (C=O) groups is 2. The molecule has 0 spiro atoms. The van der Waals surface area contributed by atoms with Crippen molar-refractivity contribution in [2.24, 2.45) is 0 Å². The molecule has 0 aliphatic carbocycles. The van der Waals surface area contributed by atoms with Gasteiger partial charge in [0.25, 0.3) is 0 Å². The van der Waals surface area contributed by atoms with Gasteiger partial charge in [-0.15, -0.1) is 0 Å². The van der Waals surface area contributed by atoms with E-state index < -0.39 is 18.1 Å². The van der Waals surface area contributed by atoms with Crippen LogP contribution in [0.2, 0.25) is 0 Å². The Morgan fingerprint density at radius 2 is 1.95 bits per heavy atom. The lowest BCUT2D eigenvalue weighted by Crippen LogP contribution is -2.39. The van der Waals surface area contributed by atoms with Crippen LogP contribution in [-0.4, -0.2) is 36.9 Å². The van der Waals surface area contributed by atoms with Gasteiger partial charge in [-0.25, -0.2) is 9.59 Å². The fraction of sp³-hybridized carbons (Fsp3) is 0.273. The molecule has 8 heteroatoms. The van der Waals surface area contributed by atoms with Gasteiger partial charge in [-0.3, -0.25) is 0 Å². The van der Waals surface area contributed by atoms with E-state index in [1.165, 1.54) is 7.11 Å². The third kappa shape index (κ3) is 4.81. The third-order valence-electron chi connectivity index (χ3n) is 2.21. The van der Waals surface area contributed by atoms with Gasteiger partial charge in [0.2, 0.25) is 0 Å². The second-order valence-corrected chi connectivity index (χ2v) is 5.20. The molecule has 2 amide bonds. The van der Waals surface area contributed by atoms with Crippen LogP contribution in [0.25, 0.3) is 0 Å². The zero-order valence-corrected chi connectivity index (χ0v) is 13.1. The number of carboxylic acid groups (broad SMARTS) is 1. The van der Waals surface area contributed by atoms with Gasteiger partial charge in [-0.05, 0) is 44.0 Å². The molecule has 0 aromatic heterocycles. The second kappa shape index (κ2) is 7.46. The number of amides is 2. The van der Waals surface area contributed by atoms with Crippen LogP contribution in [0, 0.1) is 0 Å². The van der Waals surface area contributed by atoms with Crippen molar-refractivity contribution in [2.75, 3.05) is 19.0 Å². The molecule has 0 radical (unpaired) electrons. The molecule has 0 heterocycles. The summed E-state index contributed by atoms with van der Waals surface area (Å²) in [6.45, 7) is -0.125. The smallest absolute Gasteiger partial charge is 0.334 e. The molecule has 19 heavy (non-hydrogen) atoms. The van der Waals surface area contributed by atoms with Crippen molar-refractivity contribution >= 4 is 49.5 Å². The van der Waals surface area contributed by atoms with Crippen molar-refractivity contribution in [3.63, 3.8) is 0 Å². The molecule has 6 nitrogen and oxygen atoms in total. The molecule has 3 N–H and O–H groups in total. The van der Waals surface area contributed by atoms with Crippen molar-refractivity contribution in [3.8, 4) is 0 Å². The molecule has 1 atom stereocenters. The number of halogens is 2. The maximum Gasteiger partial charge on any atom is 0.334 e. The van der Waals surface area contributed by atoms with E-state index in [2.05, 4.69) is 42.5 Å². The molecule has 1 rings (SSSR count). The SMILES string of the molecule is COC(CNC(=O)Nc1c(Br)cccc1Br)C(=O)O. The molecular formula is C11H12Br2N2O4. The maximum absolute atomic E-state index is 11.6. The van der Waals surface area contributed by atoms with E-state index in [1.54, 1.807) is 12.1 Å². The minimum Gasteiger partial charge on any atom is -0.479 e. The minimum atomic E-state index is -1.13. The molecule has 1 unspecified atom stereocenters. The molecule has 1 aromatic carbocycles. The van der Waals surface area contributed by atoms with Gasteiger partial charge >= 0.3 is 12.0 Å². The first-order chi connectivity index (χ1) is 8.95. The Bertz CT molecular complexity index is 462. The molecule has 0 aliphatic heterocycles. The summed E-state index contributed by atoms with van der Waals surface area (Å²) in [5.41, 5.74) is 0.560. The largest absolute Gasteiger partial charge is 0.479 e. The Labute approximate surface area is 126 Å². The number of hydrogen-bond donors (Lipinski definition) is 3. The second-order valence-electron chi connectivity index (χ2n) is 3.49. The lowest BCUT2D eigenvalue weighted by atomic mass is 10.3. The number of para-hydroxylation sites is 1. The van der Waals surface area contributed by atoms with E-state index in [4.69, 9.17) is 9.84 Å². The summed E-state index contributed by atoms with van der Waals surface area (Å²) in [5.74, 6) is -1.13. The Balaban J connectivity index is 2.59. The first kappa shape index (κ1) is 15.9. The summed E-state index contributed by atoms with van der Waals surface area (Å²) in [5, 5.41) is 13.8. The molecule has 104 valence electrons. The molecule has 0 aliphatic rings. The number of ether oxygens (including phenoxy) is 1. The Kier molecular flexibility index (Phi) is 6.26. The highest BCUT2D eigenvalue weighted by Crippen LogP contribution is 2.30. The van der Waals surface area contributed by atoms with Gasteiger partial charge < -0.3 is 20.5 Å². The van der Waals surface area contributed by atoms with Crippen molar-refractivity contribution < 1.29 is 19.4 Å². The highest BCUT2D eigenvalue weighted by molar-refractivity contribution is 9.11. The molecular weight excluding hydrogens is 384 g/mol. The van der Waals surface area contributed by atoms with E-state index in [9.17, 15) is 9.59 Å². The van der Waals surface area contributed by atoms with Crippen molar-refractivity contribution in [1.29, 1.82) is 0 Å². The van der Waals surface area contributed by atoms with E-state index in [0.29, 0.717) is 14.6 Å². The molecule has 0 saturated carbocycles. The van der Waals surface area contributed by atoms with Crippen LogP contribution >= 0.6 is 31.9 Å². The quantitative estimate of drug-likeness (QED) is 0.714. The number of carbonyl (C=O) groups excluding carboxylic acids is 1. The Morgan fingerprint density at radius 1 is 1.37 bits per heavy atom. The number of hydrogen-bond acceptors (Lipinski definition) is 3. The van der Waals surface area contributed by atoms with Gasteiger partial charge in [-0.1, -0.05) is 6.07 Å². The van der Waals surface area contributed by atoms with Gasteiger partial charge in [0, 0.05) is 16.1 Å². The zero-order chi connectivity index (χ0) is 14.4. The van der Waals surface area contributed by atoms with Crippen molar-refractivity contribution in [2.45, 2.75) is 6.10 Å². The summed E-state index contributed by atoms with van der Waals surface area (Å²) >= 11 is 6.60. The number of methoxy groups -OCH3 is 1. The summed E-state index contributed by atoms with van der Waals surface area (Å²) in [7, 11) is 1.27. The van der Waals surface area contributed by atoms with Crippen LogP contribution < -0.4 is 10.6 Å². The zero-order valence-electron chi connectivity index (χ0n) is 9.94. The third-order valence-corrected chi connectivity index (χ3v) is 3.53. The molecule has 0 bridgehead atoms. The average Bonchev–Trinajstić information content (AvgIpc) is 2.34. The highest BCUT2D eigenvalue weighted by Gasteiger charge is 2.17. The summed E-state index contributed by atoms with van der Waals surface area (Å²) in [6, 6.07) is 4.84. The normalized spacial score (nSPS) is 11.7. The van der Waals surface area contributed by atoms with Gasteiger partial charge in [0.1, 0.15) is 0 Å². The topological polar surface area (TPSA) is 87.7 Å². The lowest BCUT2D eigenvalue weighted by Gasteiger charge is -2.13. The van der Waals surface area contributed by atoms with E-state index in [-0.39, 0.29) is 6.54 Å². The lowest BCUT2D eigenvalue weighted by molar-refractivity contribution is -0.147. The number of rotatable bonds is 5. The first-order valence-corrected chi connectivity index (χ1v) is 6.78. The Morgan fingerprint density at radius 3 is 2.42 bits per heavy atom. The maximum atomic E-state index is 11.6. The number of benzene rings is 1. The fourth-order valence-electron chi connectivity index (χ4n) is 1.23. The summed E-state index contributed by atoms with van der Waals surface area (Å²) in [4.78, 5) is 22.3. The molecule has 0 fully saturated rings. The van der Waals surface area contributed by atoms with E-state index in [0.717, 1.165) is 0 Å². The number of carboxylic acids is 1. The molecule has 1 aromatic rings. The highest BCUT2D eigenvalue weighted by atomic mass is 79.9. The average molecular weight is 396 g/mol. The van der Waals surface area contributed by atoms with E-state index >= 15 is 0 Å².